The van der Waals surface area contributed by atoms with Crippen LogP contribution in [0.5, 0.6) is 0 Å². The number of benzene rings is 1. The summed E-state index contributed by atoms with van der Waals surface area (Å²) in [7, 11) is 0. The largest absolute Gasteiger partial charge is 0.386 e. The second-order valence-corrected chi connectivity index (χ2v) is 3.32. The highest BCUT2D eigenvalue weighted by atomic mass is 19.1. The summed E-state index contributed by atoms with van der Waals surface area (Å²) in [6.07, 6.45) is 0.0548. The molecule has 1 unspecified atom stereocenters. The van der Waals surface area contributed by atoms with Gasteiger partial charge in [0.05, 0.1) is 6.20 Å². The molecule has 16 heavy (non-hydrogen) atoms. The van der Waals surface area contributed by atoms with Crippen molar-refractivity contribution in [2.75, 3.05) is 0 Å². The predicted octanol–water partition coefficient (Wildman–Crippen LogP) is 1.36. The van der Waals surface area contributed by atoms with Gasteiger partial charge < -0.3 is 5.11 Å². The lowest BCUT2D eigenvalue weighted by Crippen LogP contribution is -2.06. The Morgan fingerprint density at radius 2 is 2.00 bits per heavy atom. The molecule has 0 amide bonds. The molecule has 84 valence electrons. The Morgan fingerprint density at radius 1 is 1.31 bits per heavy atom. The molecule has 0 aliphatic rings. The zero-order valence-electron chi connectivity index (χ0n) is 8.19. The minimum Gasteiger partial charge on any atom is -0.386 e. The van der Waals surface area contributed by atoms with E-state index >= 15 is 0 Å². The van der Waals surface area contributed by atoms with Crippen molar-refractivity contribution in [2.24, 2.45) is 0 Å². The van der Waals surface area contributed by atoms with Gasteiger partial charge in [0, 0.05) is 12.0 Å². The predicted molar refractivity (Wildman–Crippen MR) is 51.4 cm³/mol. The summed E-state index contributed by atoms with van der Waals surface area (Å²) >= 11 is 0. The van der Waals surface area contributed by atoms with Crippen molar-refractivity contribution in [1.29, 1.82) is 0 Å². The van der Waals surface area contributed by atoms with Gasteiger partial charge in [-0.05, 0) is 12.1 Å². The fraction of sp³-hybridized carbons (Fsp3) is 0.200. The quantitative estimate of drug-likeness (QED) is 0.829. The lowest BCUT2D eigenvalue weighted by Gasteiger charge is -2.08. The lowest BCUT2D eigenvalue weighted by atomic mass is 10.1. The van der Waals surface area contributed by atoms with Crippen molar-refractivity contribution < 1.29 is 13.9 Å². The van der Waals surface area contributed by atoms with E-state index in [4.69, 9.17) is 0 Å². The smallest absolute Gasteiger partial charge is 0.129 e. The Labute approximate surface area is 89.9 Å². The molecule has 0 saturated heterocycles. The molecule has 2 aromatic rings. The van der Waals surface area contributed by atoms with Crippen molar-refractivity contribution in [1.82, 2.24) is 15.4 Å². The van der Waals surface area contributed by atoms with Crippen LogP contribution in [0.3, 0.4) is 0 Å². The molecule has 1 heterocycles. The minimum atomic E-state index is -1.08. The van der Waals surface area contributed by atoms with Gasteiger partial charge >= 0.3 is 0 Å². The summed E-state index contributed by atoms with van der Waals surface area (Å²) in [5.74, 6) is -1.36. The summed E-state index contributed by atoms with van der Waals surface area (Å²) < 4.78 is 26.5. The Hall–Kier alpha value is -1.82. The van der Waals surface area contributed by atoms with E-state index in [1.165, 1.54) is 12.3 Å². The third kappa shape index (κ3) is 2.06. The van der Waals surface area contributed by atoms with Gasteiger partial charge in [0.1, 0.15) is 23.4 Å². The number of hydrogen-bond acceptors (Lipinski definition) is 3. The lowest BCUT2D eigenvalue weighted by molar-refractivity contribution is 0.170. The average Bonchev–Trinajstić information content (AvgIpc) is 2.76. The number of aromatic amines is 1. The van der Waals surface area contributed by atoms with Gasteiger partial charge in [0.25, 0.3) is 0 Å². The second kappa shape index (κ2) is 4.36. The Kier molecular flexibility index (Phi) is 2.91. The maximum atomic E-state index is 13.3. The highest BCUT2D eigenvalue weighted by Crippen LogP contribution is 2.20. The average molecular weight is 225 g/mol. The first-order valence-corrected chi connectivity index (χ1v) is 4.65. The number of H-pyrrole nitrogens is 1. The number of hydrogen-bond donors (Lipinski definition) is 2. The van der Waals surface area contributed by atoms with Crippen molar-refractivity contribution in [2.45, 2.75) is 12.5 Å². The molecule has 2 rings (SSSR count). The van der Waals surface area contributed by atoms with Crippen molar-refractivity contribution in [3.05, 3.63) is 47.3 Å². The summed E-state index contributed by atoms with van der Waals surface area (Å²) in [4.78, 5) is 0. The summed E-state index contributed by atoms with van der Waals surface area (Å²) in [5, 5.41) is 19.1. The summed E-state index contributed by atoms with van der Waals surface area (Å²) in [6, 6.07) is 3.57. The highest BCUT2D eigenvalue weighted by Gasteiger charge is 2.16. The number of aromatic nitrogens is 3. The molecule has 0 saturated carbocycles. The molecule has 0 aliphatic carbocycles. The van der Waals surface area contributed by atoms with Crippen LogP contribution in [0.4, 0.5) is 8.78 Å². The van der Waals surface area contributed by atoms with Crippen molar-refractivity contribution in [3.63, 3.8) is 0 Å². The topological polar surface area (TPSA) is 61.8 Å². The molecule has 1 aromatic heterocycles. The number of nitrogens with zero attached hydrogens (tertiary/aromatic N) is 2. The molecule has 1 aromatic carbocycles. The van der Waals surface area contributed by atoms with Crippen LogP contribution < -0.4 is 0 Å². The van der Waals surface area contributed by atoms with E-state index in [0.29, 0.717) is 0 Å². The normalized spacial score (nSPS) is 12.7. The third-order valence-electron chi connectivity index (χ3n) is 2.23. The van der Waals surface area contributed by atoms with E-state index in [-0.39, 0.29) is 17.7 Å². The third-order valence-corrected chi connectivity index (χ3v) is 2.23. The fourth-order valence-electron chi connectivity index (χ4n) is 1.40. The van der Waals surface area contributed by atoms with Gasteiger partial charge in [-0.3, -0.25) is 0 Å². The highest BCUT2D eigenvalue weighted by molar-refractivity contribution is 5.21. The van der Waals surface area contributed by atoms with Crippen LogP contribution in [-0.4, -0.2) is 20.5 Å². The van der Waals surface area contributed by atoms with Crippen LogP contribution in [-0.2, 0) is 6.42 Å². The number of nitrogens with one attached hydrogen (secondary N) is 1. The minimum absolute atomic E-state index is 0.155. The zero-order chi connectivity index (χ0) is 11.5. The van der Waals surface area contributed by atoms with Crippen molar-refractivity contribution >= 4 is 0 Å². The molecule has 0 fully saturated rings. The van der Waals surface area contributed by atoms with Crippen LogP contribution in [0.25, 0.3) is 0 Å². The fourth-order valence-corrected chi connectivity index (χ4v) is 1.40. The number of halogens is 2. The van der Waals surface area contributed by atoms with Crippen molar-refractivity contribution in [3.8, 4) is 0 Å². The first-order valence-electron chi connectivity index (χ1n) is 4.65. The standard InChI is InChI=1S/C10H9F2N3O/c11-7-2-1-3-8(12)6(7)4-10(16)9-5-13-15-14-9/h1-3,5,10,16H,4H2,(H,13,14,15). The van der Waals surface area contributed by atoms with Gasteiger partial charge in [0.15, 0.2) is 0 Å². The van der Waals surface area contributed by atoms with E-state index in [1.54, 1.807) is 0 Å². The molecule has 0 bridgehead atoms. The van der Waals surface area contributed by atoms with Gasteiger partial charge in [-0.15, -0.1) is 0 Å². The van der Waals surface area contributed by atoms with Crippen LogP contribution in [0, 0.1) is 11.6 Å². The first kappa shape index (κ1) is 10.7. The zero-order valence-corrected chi connectivity index (χ0v) is 8.19. The Morgan fingerprint density at radius 3 is 2.56 bits per heavy atom. The maximum absolute atomic E-state index is 13.3. The van der Waals surface area contributed by atoms with E-state index in [9.17, 15) is 13.9 Å². The van der Waals surface area contributed by atoms with Crippen LogP contribution in [0.15, 0.2) is 24.4 Å². The van der Waals surface area contributed by atoms with Crippen LogP contribution in [0.1, 0.15) is 17.4 Å². The number of aliphatic hydroxyl groups excluding tert-OH is 1. The molecular formula is C10H9F2N3O. The Balaban J connectivity index is 2.21. The molecule has 6 heteroatoms. The number of aliphatic hydroxyl groups is 1. The second-order valence-electron chi connectivity index (χ2n) is 3.32. The van der Waals surface area contributed by atoms with E-state index in [1.807, 2.05) is 0 Å². The first-order chi connectivity index (χ1) is 7.68. The van der Waals surface area contributed by atoms with E-state index < -0.39 is 17.7 Å². The Bertz CT molecular complexity index is 453. The van der Waals surface area contributed by atoms with Crippen LogP contribution in [0.2, 0.25) is 0 Å². The van der Waals surface area contributed by atoms with E-state index in [0.717, 1.165) is 12.1 Å². The number of rotatable bonds is 3. The molecule has 1 atom stereocenters. The monoisotopic (exact) mass is 225 g/mol. The molecular weight excluding hydrogens is 216 g/mol. The van der Waals surface area contributed by atoms with Crippen LogP contribution >= 0.6 is 0 Å². The molecule has 0 radical (unpaired) electrons. The van der Waals surface area contributed by atoms with Gasteiger partial charge in [-0.25, -0.2) is 8.78 Å². The SMILES string of the molecule is OC(Cc1c(F)cccc1F)c1cn[nH]n1. The summed E-state index contributed by atoms with van der Waals surface area (Å²) in [6.45, 7) is 0. The van der Waals surface area contributed by atoms with Gasteiger partial charge in [-0.1, -0.05) is 6.07 Å². The maximum Gasteiger partial charge on any atom is 0.129 e. The van der Waals surface area contributed by atoms with Gasteiger partial charge in [-0.2, -0.15) is 15.4 Å². The molecule has 0 spiro atoms. The molecule has 0 aliphatic heterocycles. The van der Waals surface area contributed by atoms with E-state index in [2.05, 4.69) is 15.4 Å². The van der Waals surface area contributed by atoms with Gasteiger partial charge in [0.2, 0.25) is 0 Å². The summed E-state index contributed by atoms with van der Waals surface area (Å²) in [5.41, 5.74) is 0.0978. The molecule has 4 nitrogen and oxygen atoms in total. The molecule has 2 N–H and O–H groups in total.